The molecule has 1 aliphatic heterocycles. The van der Waals surface area contributed by atoms with Crippen molar-refractivity contribution in [3.8, 4) is 0 Å². The number of benzene rings is 2. The zero-order valence-electron chi connectivity index (χ0n) is 16.1. The standard InChI is InChI=1S/C20H20ClF3N2O3S/c1-25(15-5-3-2-4-6-15)19(27)14-9-11-26(12-10-14)30(28,29)16-7-8-18(21)17(13-16)20(22,23)24/h2-8,13-14H,9-12H2,1H3. The molecule has 0 aromatic heterocycles. The fourth-order valence-electron chi connectivity index (χ4n) is 3.43. The highest BCUT2D eigenvalue weighted by Gasteiger charge is 2.37. The normalized spacial score (nSPS) is 16.4. The molecule has 10 heteroatoms. The molecule has 1 amide bonds. The van der Waals surface area contributed by atoms with E-state index in [0.29, 0.717) is 6.07 Å². The van der Waals surface area contributed by atoms with Crippen molar-refractivity contribution in [3.05, 3.63) is 59.1 Å². The van der Waals surface area contributed by atoms with E-state index in [-0.39, 0.29) is 37.8 Å². The van der Waals surface area contributed by atoms with Crippen molar-refractivity contribution in [2.24, 2.45) is 5.92 Å². The van der Waals surface area contributed by atoms with Crippen LogP contribution in [0.15, 0.2) is 53.4 Å². The summed E-state index contributed by atoms with van der Waals surface area (Å²) in [7, 11) is -2.47. The smallest absolute Gasteiger partial charge is 0.315 e. The van der Waals surface area contributed by atoms with Gasteiger partial charge in [-0.3, -0.25) is 4.79 Å². The van der Waals surface area contributed by atoms with Crippen molar-refractivity contribution in [3.63, 3.8) is 0 Å². The molecule has 3 rings (SSSR count). The number of piperidine rings is 1. The first kappa shape index (κ1) is 22.6. The lowest BCUT2D eigenvalue weighted by Gasteiger charge is -2.32. The quantitative estimate of drug-likeness (QED) is 0.678. The summed E-state index contributed by atoms with van der Waals surface area (Å²) in [5.74, 6) is -0.485. The van der Waals surface area contributed by atoms with Crippen molar-refractivity contribution in [1.29, 1.82) is 0 Å². The fourth-order valence-corrected chi connectivity index (χ4v) is 5.15. The molecule has 0 unspecified atom stereocenters. The topological polar surface area (TPSA) is 57.7 Å². The van der Waals surface area contributed by atoms with Gasteiger partial charge >= 0.3 is 6.18 Å². The van der Waals surface area contributed by atoms with E-state index in [1.807, 2.05) is 18.2 Å². The molecule has 0 atom stereocenters. The predicted molar refractivity (Wildman–Crippen MR) is 108 cm³/mol. The lowest BCUT2D eigenvalue weighted by molar-refractivity contribution is -0.137. The second-order valence-corrected chi connectivity index (χ2v) is 9.40. The van der Waals surface area contributed by atoms with Gasteiger partial charge in [0.25, 0.3) is 0 Å². The van der Waals surface area contributed by atoms with Crippen LogP contribution in [-0.4, -0.2) is 38.8 Å². The van der Waals surface area contributed by atoms with Gasteiger partial charge < -0.3 is 4.90 Å². The second-order valence-electron chi connectivity index (χ2n) is 7.05. The highest BCUT2D eigenvalue weighted by atomic mass is 35.5. The van der Waals surface area contributed by atoms with Crippen molar-refractivity contribution < 1.29 is 26.4 Å². The van der Waals surface area contributed by atoms with Gasteiger partial charge in [-0.25, -0.2) is 8.42 Å². The van der Waals surface area contributed by atoms with Crippen LogP contribution in [0.2, 0.25) is 5.02 Å². The van der Waals surface area contributed by atoms with Gasteiger partial charge in [-0.2, -0.15) is 17.5 Å². The summed E-state index contributed by atoms with van der Waals surface area (Å²) in [5.41, 5.74) is -0.460. The lowest BCUT2D eigenvalue weighted by Crippen LogP contribution is -2.43. The van der Waals surface area contributed by atoms with Gasteiger partial charge in [-0.1, -0.05) is 29.8 Å². The Morgan fingerprint density at radius 2 is 1.70 bits per heavy atom. The average molecular weight is 461 g/mol. The van der Waals surface area contributed by atoms with E-state index >= 15 is 0 Å². The van der Waals surface area contributed by atoms with E-state index in [1.165, 1.54) is 4.90 Å². The third kappa shape index (κ3) is 4.63. The third-order valence-electron chi connectivity index (χ3n) is 5.16. The Labute approximate surface area is 178 Å². The zero-order valence-corrected chi connectivity index (χ0v) is 17.6. The Kier molecular flexibility index (Phi) is 6.45. The predicted octanol–water partition coefficient (Wildman–Crippen LogP) is 4.42. The molecule has 1 saturated heterocycles. The number of hydrogen-bond acceptors (Lipinski definition) is 3. The van der Waals surface area contributed by atoms with Crippen molar-refractivity contribution >= 4 is 33.2 Å². The van der Waals surface area contributed by atoms with Crippen LogP contribution in [-0.2, 0) is 21.0 Å². The van der Waals surface area contributed by atoms with Gasteiger partial charge in [0.05, 0.1) is 15.5 Å². The number of hydrogen-bond donors (Lipinski definition) is 0. The summed E-state index contributed by atoms with van der Waals surface area (Å²) in [6.07, 6.45) is -4.19. The lowest BCUT2D eigenvalue weighted by atomic mass is 9.96. The van der Waals surface area contributed by atoms with Crippen LogP contribution >= 0.6 is 11.6 Å². The van der Waals surface area contributed by atoms with Crippen LogP contribution in [0.4, 0.5) is 18.9 Å². The Bertz CT molecular complexity index is 1020. The second kappa shape index (κ2) is 8.56. The van der Waals surface area contributed by atoms with Gasteiger partial charge in [0.1, 0.15) is 0 Å². The Balaban J connectivity index is 1.72. The Morgan fingerprint density at radius 1 is 1.10 bits per heavy atom. The molecule has 1 aliphatic rings. The molecule has 0 spiro atoms. The molecule has 0 radical (unpaired) electrons. The molecule has 0 N–H and O–H groups in total. The summed E-state index contributed by atoms with van der Waals surface area (Å²) < 4.78 is 66.0. The number of anilines is 1. The molecular formula is C20H20ClF3N2O3S. The summed E-state index contributed by atoms with van der Waals surface area (Å²) in [6.45, 7) is 0.0939. The molecule has 0 saturated carbocycles. The molecule has 30 heavy (non-hydrogen) atoms. The third-order valence-corrected chi connectivity index (χ3v) is 7.38. The largest absolute Gasteiger partial charge is 0.417 e. The van der Waals surface area contributed by atoms with Crippen LogP contribution in [0.5, 0.6) is 0 Å². The molecule has 1 fully saturated rings. The molecule has 162 valence electrons. The maximum absolute atomic E-state index is 13.1. The summed E-state index contributed by atoms with van der Waals surface area (Å²) in [4.78, 5) is 13.8. The van der Waals surface area contributed by atoms with Crippen LogP contribution in [0.3, 0.4) is 0 Å². The van der Waals surface area contributed by atoms with Crippen LogP contribution < -0.4 is 4.90 Å². The van der Waals surface area contributed by atoms with Gasteiger partial charge in [0.2, 0.25) is 15.9 Å². The minimum absolute atomic E-state index is 0.0470. The maximum atomic E-state index is 13.1. The molecule has 0 bridgehead atoms. The van der Waals surface area contributed by atoms with Crippen molar-refractivity contribution in [2.75, 3.05) is 25.0 Å². The van der Waals surface area contributed by atoms with Crippen molar-refractivity contribution in [1.82, 2.24) is 4.31 Å². The summed E-state index contributed by atoms with van der Waals surface area (Å²) in [6, 6.07) is 11.6. The number of halogens is 4. The first-order valence-corrected chi connectivity index (χ1v) is 11.0. The van der Waals surface area contributed by atoms with E-state index in [2.05, 4.69) is 0 Å². The molecule has 0 aliphatic carbocycles. The van der Waals surface area contributed by atoms with Crippen molar-refractivity contribution in [2.45, 2.75) is 23.9 Å². The van der Waals surface area contributed by atoms with Gasteiger partial charge in [0, 0.05) is 31.7 Å². The average Bonchev–Trinajstić information content (AvgIpc) is 2.72. The van der Waals surface area contributed by atoms with Crippen LogP contribution in [0.1, 0.15) is 18.4 Å². The number of alkyl halides is 3. The first-order valence-electron chi connectivity index (χ1n) is 9.21. The highest BCUT2D eigenvalue weighted by Crippen LogP contribution is 2.37. The SMILES string of the molecule is CN(C(=O)C1CCN(S(=O)(=O)c2ccc(Cl)c(C(F)(F)F)c2)CC1)c1ccccc1. The van der Waals surface area contributed by atoms with E-state index in [9.17, 15) is 26.4 Å². The summed E-state index contributed by atoms with van der Waals surface area (Å²) in [5, 5.41) is -0.560. The van der Waals surface area contributed by atoms with Gasteiger partial charge in [-0.05, 0) is 43.2 Å². The number of nitrogens with zero attached hydrogens (tertiary/aromatic N) is 2. The van der Waals surface area contributed by atoms with E-state index in [0.717, 1.165) is 22.1 Å². The molecule has 2 aromatic carbocycles. The molecule has 2 aromatic rings. The monoisotopic (exact) mass is 460 g/mol. The number of carbonyl (C=O) groups is 1. The molecular weight excluding hydrogens is 441 g/mol. The van der Waals surface area contributed by atoms with E-state index < -0.39 is 31.7 Å². The fraction of sp³-hybridized carbons (Fsp3) is 0.350. The van der Waals surface area contributed by atoms with E-state index in [1.54, 1.807) is 19.2 Å². The Hall–Kier alpha value is -2.10. The number of sulfonamides is 1. The summed E-state index contributed by atoms with van der Waals surface area (Å²) >= 11 is 5.58. The first-order chi connectivity index (χ1) is 14.0. The number of para-hydroxylation sites is 1. The van der Waals surface area contributed by atoms with E-state index in [4.69, 9.17) is 11.6 Å². The Morgan fingerprint density at radius 3 is 2.27 bits per heavy atom. The number of amides is 1. The number of carbonyl (C=O) groups excluding carboxylic acids is 1. The van der Waals surface area contributed by atoms with Crippen LogP contribution in [0.25, 0.3) is 0 Å². The number of rotatable bonds is 4. The van der Waals surface area contributed by atoms with Crippen LogP contribution in [0, 0.1) is 5.92 Å². The zero-order chi connectivity index (χ0) is 22.1. The highest BCUT2D eigenvalue weighted by molar-refractivity contribution is 7.89. The molecule has 1 heterocycles. The van der Waals surface area contributed by atoms with Gasteiger partial charge in [0.15, 0.2) is 0 Å². The minimum Gasteiger partial charge on any atom is -0.315 e. The molecule has 5 nitrogen and oxygen atoms in total. The maximum Gasteiger partial charge on any atom is 0.417 e. The van der Waals surface area contributed by atoms with Gasteiger partial charge in [-0.15, -0.1) is 0 Å². The minimum atomic E-state index is -4.76.